The van der Waals surface area contributed by atoms with E-state index in [1.807, 2.05) is 12.4 Å². The molecule has 18 heavy (non-hydrogen) atoms. The van der Waals surface area contributed by atoms with Gasteiger partial charge in [0.1, 0.15) is 5.82 Å². The lowest BCUT2D eigenvalue weighted by Crippen LogP contribution is -1.98. The Morgan fingerprint density at radius 3 is 2.67 bits per heavy atom. The third kappa shape index (κ3) is 3.70. The minimum atomic E-state index is 0.472. The van der Waals surface area contributed by atoms with Crippen LogP contribution in [0, 0.1) is 0 Å². The molecule has 2 rings (SSSR count). The molecule has 1 atom stereocenters. The summed E-state index contributed by atoms with van der Waals surface area (Å²) < 4.78 is 2.10. The molecule has 0 N–H and O–H groups in total. The molecule has 1 unspecified atom stereocenters. The summed E-state index contributed by atoms with van der Waals surface area (Å²) in [6.45, 7) is 0. The first kappa shape index (κ1) is 13.3. The molecule has 0 saturated heterocycles. The normalized spacial score (nSPS) is 12.6. The molecule has 0 saturated carbocycles. The van der Waals surface area contributed by atoms with Gasteiger partial charge in [-0.1, -0.05) is 52.7 Å². The first-order chi connectivity index (χ1) is 8.77. The van der Waals surface area contributed by atoms with Crippen LogP contribution in [0.5, 0.6) is 0 Å². The molecule has 0 fully saturated rings. The number of aryl methyl sites for hydroxylation is 2. The summed E-state index contributed by atoms with van der Waals surface area (Å²) in [6, 6.07) is 10.6. The van der Waals surface area contributed by atoms with Crippen molar-refractivity contribution in [3.05, 3.63) is 54.1 Å². The molecule has 0 bridgehead atoms. The van der Waals surface area contributed by atoms with E-state index in [-0.39, 0.29) is 0 Å². The first-order valence-electron chi connectivity index (χ1n) is 6.42. The average molecular weight is 307 g/mol. The highest BCUT2D eigenvalue weighted by Gasteiger charge is 2.06. The Morgan fingerprint density at radius 2 is 2.00 bits per heavy atom. The molecule has 2 nitrogen and oxygen atoms in total. The zero-order valence-electron chi connectivity index (χ0n) is 10.7. The number of aromatic nitrogens is 2. The highest BCUT2D eigenvalue weighted by Crippen LogP contribution is 2.28. The molecule has 3 heteroatoms. The Hall–Kier alpha value is -1.09. The summed E-state index contributed by atoms with van der Waals surface area (Å²) in [5.41, 5.74) is 1.37. The van der Waals surface area contributed by atoms with Gasteiger partial charge in [0.2, 0.25) is 0 Å². The maximum absolute atomic E-state index is 4.34. The molecule has 1 heterocycles. The van der Waals surface area contributed by atoms with Crippen LogP contribution in [-0.4, -0.2) is 9.55 Å². The van der Waals surface area contributed by atoms with Gasteiger partial charge >= 0.3 is 0 Å². The largest absolute Gasteiger partial charge is 0.338 e. The van der Waals surface area contributed by atoms with E-state index in [4.69, 9.17) is 0 Å². The minimum Gasteiger partial charge on any atom is -0.338 e. The monoisotopic (exact) mass is 306 g/mol. The van der Waals surface area contributed by atoms with Crippen LogP contribution in [-0.2, 0) is 13.5 Å². The van der Waals surface area contributed by atoms with E-state index in [2.05, 4.69) is 62.9 Å². The molecule has 96 valence electrons. The third-order valence-corrected chi connectivity index (χ3v) is 4.18. The number of hydrogen-bond donors (Lipinski definition) is 0. The smallest absolute Gasteiger partial charge is 0.108 e. The van der Waals surface area contributed by atoms with Crippen LogP contribution in [0.3, 0.4) is 0 Å². The maximum atomic E-state index is 4.34. The first-order valence-corrected chi connectivity index (χ1v) is 7.34. The van der Waals surface area contributed by atoms with Gasteiger partial charge in [-0.05, 0) is 18.4 Å². The predicted molar refractivity (Wildman–Crippen MR) is 78.9 cm³/mol. The lowest BCUT2D eigenvalue weighted by Gasteiger charge is -2.09. The van der Waals surface area contributed by atoms with Gasteiger partial charge in [0, 0.05) is 30.7 Å². The zero-order chi connectivity index (χ0) is 12.8. The average Bonchev–Trinajstić information content (AvgIpc) is 2.81. The van der Waals surface area contributed by atoms with Crippen molar-refractivity contribution in [1.29, 1.82) is 0 Å². The van der Waals surface area contributed by atoms with Crippen molar-refractivity contribution in [2.75, 3.05) is 0 Å². The molecule has 1 aromatic heterocycles. The van der Waals surface area contributed by atoms with Crippen molar-refractivity contribution in [2.45, 2.75) is 30.5 Å². The van der Waals surface area contributed by atoms with E-state index < -0.39 is 0 Å². The number of rotatable bonds is 6. The lowest BCUT2D eigenvalue weighted by atomic mass is 10.1. The second-order valence-electron chi connectivity index (χ2n) is 4.58. The van der Waals surface area contributed by atoms with Crippen molar-refractivity contribution < 1.29 is 0 Å². The molecule has 0 radical (unpaired) electrons. The summed E-state index contributed by atoms with van der Waals surface area (Å²) in [7, 11) is 2.06. The Kier molecular flexibility index (Phi) is 5.00. The summed E-state index contributed by atoms with van der Waals surface area (Å²) in [6.07, 6.45) is 8.53. The maximum Gasteiger partial charge on any atom is 0.108 e. The van der Waals surface area contributed by atoms with Crippen molar-refractivity contribution in [3.8, 4) is 0 Å². The number of unbranched alkanes of at least 4 members (excludes halogenated alkanes) is 1. The van der Waals surface area contributed by atoms with Crippen molar-refractivity contribution in [2.24, 2.45) is 7.05 Å². The van der Waals surface area contributed by atoms with Crippen molar-refractivity contribution >= 4 is 15.9 Å². The van der Waals surface area contributed by atoms with Gasteiger partial charge in [-0.25, -0.2) is 4.98 Å². The lowest BCUT2D eigenvalue weighted by molar-refractivity contribution is 0.645. The summed E-state index contributed by atoms with van der Waals surface area (Å²) >= 11 is 3.76. The van der Waals surface area contributed by atoms with Gasteiger partial charge in [0.15, 0.2) is 0 Å². The summed E-state index contributed by atoms with van der Waals surface area (Å²) in [4.78, 5) is 4.81. The summed E-state index contributed by atoms with van der Waals surface area (Å²) in [5, 5.41) is 0. The number of nitrogens with zero attached hydrogens (tertiary/aromatic N) is 2. The predicted octanol–water partition coefficient (Wildman–Crippen LogP) is 4.27. The number of halogens is 1. The number of hydrogen-bond acceptors (Lipinski definition) is 1. The topological polar surface area (TPSA) is 17.8 Å². The van der Waals surface area contributed by atoms with E-state index in [0.29, 0.717) is 4.83 Å². The van der Waals surface area contributed by atoms with E-state index in [1.54, 1.807) is 0 Å². The standard InChI is InChI=1S/C15H19BrN2/c1-18-12-11-17-15(18)10-6-5-9-14(16)13-7-3-2-4-8-13/h2-4,7-8,11-12,14H,5-6,9-10H2,1H3. The Balaban J connectivity index is 1.71. The van der Waals surface area contributed by atoms with Crippen LogP contribution in [0.25, 0.3) is 0 Å². The molecule has 0 aliphatic heterocycles. The van der Waals surface area contributed by atoms with Gasteiger partial charge in [-0.3, -0.25) is 0 Å². The number of imidazole rings is 1. The molecule has 0 amide bonds. The van der Waals surface area contributed by atoms with Crippen LogP contribution < -0.4 is 0 Å². The van der Waals surface area contributed by atoms with Gasteiger partial charge in [0.05, 0.1) is 0 Å². The van der Waals surface area contributed by atoms with Crippen molar-refractivity contribution in [3.63, 3.8) is 0 Å². The van der Waals surface area contributed by atoms with E-state index in [1.165, 1.54) is 30.7 Å². The molecule has 0 aliphatic carbocycles. The Labute approximate surface area is 117 Å². The van der Waals surface area contributed by atoms with Gasteiger partial charge < -0.3 is 4.57 Å². The Morgan fingerprint density at radius 1 is 1.22 bits per heavy atom. The SMILES string of the molecule is Cn1ccnc1CCCCC(Br)c1ccccc1. The molecular weight excluding hydrogens is 288 g/mol. The second kappa shape index (κ2) is 6.74. The fourth-order valence-electron chi connectivity index (χ4n) is 2.07. The number of alkyl halides is 1. The van der Waals surface area contributed by atoms with Crippen LogP contribution >= 0.6 is 15.9 Å². The Bertz CT molecular complexity index is 464. The fraction of sp³-hybridized carbons (Fsp3) is 0.400. The van der Waals surface area contributed by atoms with Crippen LogP contribution in [0.4, 0.5) is 0 Å². The quantitative estimate of drug-likeness (QED) is 0.575. The van der Waals surface area contributed by atoms with Crippen LogP contribution in [0.1, 0.15) is 35.5 Å². The van der Waals surface area contributed by atoms with Gasteiger partial charge in [-0.2, -0.15) is 0 Å². The highest BCUT2D eigenvalue weighted by molar-refractivity contribution is 9.09. The minimum absolute atomic E-state index is 0.472. The highest BCUT2D eigenvalue weighted by atomic mass is 79.9. The van der Waals surface area contributed by atoms with E-state index in [9.17, 15) is 0 Å². The molecular formula is C15H19BrN2. The zero-order valence-corrected chi connectivity index (χ0v) is 12.3. The molecule has 0 spiro atoms. The summed E-state index contributed by atoms with van der Waals surface area (Å²) in [5.74, 6) is 1.18. The van der Waals surface area contributed by atoms with Gasteiger partial charge in [0.25, 0.3) is 0 Å². The molecule has 0 aliphatic rings. The third-order valence-electron chi connectivity index (χ3n) is 3.19. The second-order valence-corrected chi connectivity index (χ2v) is 5.68. The van der Waals surface area contributed by atoms with Crippen molar-refractivity contribution in [1.82, 2.24) is 9.55 Å². The fourth-order valence-corrected chi connectivity index (χ4v) is 2.70. The molecule has 2 aromatic rings. The number of benzene rings is 1. The van der Waals surface area contributed by atoms with E-state index in [0.717, 1.165) is 6.42 Å². The molecule has 1 aromatic carbocycles. The van der Waals surface area contributed by atoms with Crippen LogP contribution in [0.15, 0.2) is 42.7 Å². The van der Waals surface area contributed by atoms with Crippen LogP contribution in [0.2, 0.25) is 0 Å². The van der Waals surface area contributed by atoms with Gasteiger partial charge in [-0.15, -0.1) is 0 Å². The van der Waals surface area contributed by atoms with E-state index >= 15 is 0 Å².